The number of fused-ring (bicyclic) bond motifs is 2. The molecule has 0 atom stereocenters. The van der Waals surface area contributed by atoms with Crippen LogP contribution in [-0.2, 0) is 10.1 Å². The fraction of sp³-hybridized carbons (Fsp3) is 0. The SMILES string of the molecule is O=S(=O)(O)c1c(N=Nc2c(O)ccc3ccccc23)ccc2ccccc12.[SrH2]. The molecule has 138 valence electrons. The number of benzene rings is 4. The average molecular weight is 468 g/mol. The molecule has 4 aromatic carbocycles. The van der Waals surface area contributed by atoms with Gasteiger partial charge in [-0.15, -0.1) is 10.2 Å². The van der Waals surface area contributed by atoms with Crippen LogP contribution >= 0.6 is 0 Å². The van der Waals surface area contributed by atoms with Crippen LogP contribution in [-0.4, -0.2) is 63.6 Å². The fourth-order valence-corrected chi connectivity index (χ4v) is 3.87. The van der Waals surface area contributed by atoms with Crippen LogP contribution in [0, 0.1) is 0 Å². The first-order valence-electron chi connectivity index (χ1n) is 8.07. The van der Waals surface area contributed by atoms with Crippen molar-refractivity contribution in [3.05, 3.63) is 72.8 Å². The average Bonchev–Trinajstić information content (AvgIpc) is 2.66. The molecule has 0 aliphatic heterocycles. The molecule has 0 radical (unpaired) electrons. The van der Waals surface area contributed by atoms with Gasteiger partial charge in [-0.05, 0) is 22.9 Å². The van der Waals surface area contributed by atoms with Crippen molar-refractivity contribution >= 4 is 88.5 Å². The molecule has 4 rings (SSSR count). The minimum absolute atomic E-state index is 0. The van der Waals surface area contributed by atoms with Crippen molar-refractivity contribution in [3.63, 3.8) is 0 Å². The van der Waals surface area contributed by atoms with Crippen LogP contribution in [0.4, 0.5) is 11.4 Å². The summed E-state index contributed by atoms with van der Waals surface area (Å²) in [4.78, 5) is -0.316. The van der Waals surface area contributed by atoms with E-state index in [1.54, 1.807) is 48.5 Å². The third-order valence-electron chi connectivity index (χ3n) is 4.25. The number of rotatable bonds is 3. The first-order chi connectivity index (χ1) is 12.9. The van der Waals surface area contributed by atoms with Gasteiger partial charge in [0.1, 0.15) is 22.0 Å². The fourth-order valence-electron chi connectivity index (χ4n) is 3.03. The van der Waals surface area contributed by atoms with Crippen molar-refractivity contribution in [2.45, 2.75) is 4.90 Å². The molecule has 28 heavy (non-hydrogen) atoms. The van der Waals surface area contributed by atoms with Gasteiger partial charge < -0.3 is 5.11 Å². The Labute approximate surface area is 198 Å². The quantitative estimate of drug-likeness (QED) is 0.264. The van der Waals surface area contributed by atoms with Crippen molar-refractivity contribution in [3.8, 4) is 5.75 Å². The Morgan fingerprint density at radius 2 is 1.29 bits per heavy atom. The molecule has 0 unspecified atom stereocenters. The van der Waals surface area contributed by atoms with Gasteiger partial charge in [-0.25, -0.2) is 0 Å². The summed E-state index contributed by atoms with van der Waals surface area (Å²) >= 11 is 0. The van der Waals surface area contributed by atoms with Crippen LogP contribution in [0.1, 0.15) is 0 Å². The van der Waals surface area contributed by atoms with Gasteiger partial charge in [-0.1, -0.05) is 60.7 Å². The minimum atomic E-state index is -4.53. The Bertz CT molecular complexity index is 1320. The van der Waals surface area contributed by atoms with E-state index in [1.165, 1.54) is 12.1 Å². The van der Waals surface area contributed by atoms with Crippen LogP contribution in [0.3, 0.4) is 0 Å². The second kappa shape index (κ2) is 8.28. The maximum absolute atomic E-state index is 12.0. The molecule has 0 amide bonds. The van der Waals surface area contributed by atoms with Gasteiger partial charge in [0.15, 0.2) is 0 Å². The summed E-state index contributed by atoms with van der Waals surface area (Å²) in [5, 5.41) is 20.8. The Balaban J connectivity index is 0.00000225. The van der Waals surface area contributed by atoms with E-state index in [0.29, 0.717) is 16.2 Å². The van der Waals surface area contributed by atoms with Gasteiger partial charge in [-0.3, -0.25) is 4.55 Å². The molecule has 0 saturated carbocycles. The van der Waals surface area contributed by atoms with Crippen molar-refractivity contribution in [1.82, 2.24) is 0 Å². The van der Waals surface area contributed by atoms with E-state index < -0.39 is 10.1 Å². The normalized spacial score (nSPS) is 11.8. The molecule has 4 aromatic rings. The molecule has 6 nitrogen and oxygen atoms in total. The van der Waals surface area contributed by atoms with E-state index in [-0.39, 0.29) is 67.5 Å². The molecule has 0 bridgehead atoms. The van der Waals surface area contributed by atoms with Gasteiger partial charge in [0, 0.05) is 10.8 Å². The predicted octanol–water partition coefficient (Wildman–Crippen LogP) is 4.44. The number of aromatic hydroxyl groups is 1. The third kappa shape index (κ3) is 3.98. The van der Waals surface area contributed by atoms with E-state index >= 15 is 0 Å². The molecule has 0 aliphatic rings. The van der Waals surface area contributed by atoms with Crippen LogP contribution in [0.2, 0.25) is 0 Å². The van der Waals surface area contributed by atoms with E-state index in [0.717, 1.165) is 5.39 Å². The van der Waals surface area contributed by atoms with Gasteiger partial charge in [-0.2, -0.15) is 8.42 Å². The summed E-state index contributed by atoms with van der Waals surface area (Å²) in [5.74, 6) is -0.0772. The van der Waals surface area contributed by atoms with Crippen LogP contribution < -0.4 is 0 Å². The van der Waals surface area contributed by atoms with Crippen LogP contribution in [0.5, 0.6) is 5.75 Å². The van der Waals surface area contributed by atoms with Gasteiger partial charge in [0.25, 0.3) is 10.1 Å². The molecular weight excluding hydrogens is 452 g/mol. The zero-order valence-electron chi connectivity index (χ0n) is 13.9. The maximum atomic E-state index is 12.0. The molecule has 0 fully saturated rings. The zero-order valence-corrected chi connectivity index (χ0v) is 14.8. The van der Waals surface area contributed by atoms with Gasteiger partial charge in [0.2, 0.25) is 0 Å². The van der Waals surface area contributed by atoms with Gasteiger partial charge >= 0.3 is 45.5 Å². The summed E-state index contributed by atoms with van der Waals surface area (Å²) in [6.07, 6.45) is 0. The third-order valence-corrected chi connectivity index (χ3v) is 5.20. The summed E-state index contributed by atoms with van der Waals surface area (Å²) in [5.41, 5.74) is 0.214. The summed E-state index contributed by atoms with van der Waals surface area (Å²) in [6, 6.07) is 20.5. The van der Waals surface area contributed by atoms with E-state index in [4.69, 9.17) is 0 Å². The van der Waals surface area contributed by atoms with Crippen LogP contribution in [0.25, 0.3) is 21.5 Å². The molecule has 0 aliphatic carbocycles. The number of phenols is 1. The molecular formula is C20H16N2O4SSr. The van der Waals surface area contributed by atoms with E-state index in [2.05, 4.69) is 10.2 Å². The van der Waals surface area contributed by atoms with Crippen molar-refractivity contribution in [1.29, 1.82) is 0 Å². The zero-order chi connectivity index (χ0) is 19.0. The Morgan fingerprint density at radius 1 is 0.714 bits per heavy atom. The van der Waals surface area contributed by atoms with Crippen molar-refractivity contribution < 1.29 is 18.1 Å². The van der Waals surface area contributed by atoms with Crippen molar-refractivity contribution in [2.75, 3.05) is 0 Å². The summed E-state index contributed by atoms with van der Waals surface area (Å²) in [7, 11) is -4.53. The summed E-state index contributed by atoms with van der Waals surface area (Å²) < 4.78 is 33.6. The predicted molar refractivity (Wildman–Crippen MR) is 112 cm³/mol. The molecule has 8 heteroatoms. The molecule has 0 spiro atoms. The Kier molecular flexibility index (Phi) is 6.19. The van der Waals surface area contributed by atoms with Crippen LogP contribution in [0.15, 0.2) is 87.9 Å². The standard InChI is InChI=1S/C20H14N2O4S.Sr.2H/c23-18-12-10-13-5-1-3-7-15(13)19(18)22-21-17-11-9-14-6-2-4-8-16(14)20(17)27(24,25)26;;;/h1-12,23H,(H,24,25,26);;;. The van der Waals surface area contributed by atoms with E-state index in [1.807, 2.05) is 12.1 Å². The Hall–Kier alpha value is -1.81. The van der Waals surface area contributed by atoms with Crippen molar-refractivity contribution in [2.24, 2.45) is 10.2 Å². The van der Waals surface area contributed by atoms with E-state index in [9.17, 15) is 18.1 Å². The molecule has 2 N–H and O–H groups in total. The second-order valence-electron chi connectivity index (χ2n) is 5.96. The first-order valence-corrected chi connectivity index (χ1v) is 9.51. The second-order valence-corrected chi connectivity index (χ2v) is 7.32. The molecule has 0 heterocycles. The topological polar surface area (TPSA) is 99.3 Å². The number of hydrogen-bond donors (Lipinski definition) is 2. The Morgan fingerprint density at radius 3 is 1.96 bits per heavy atom. The number of hydrogen-bond acceptors (Lipinski definition) is 5. The molecule has 0 aromatic heterocycles. The number of azo groups is 1. The summed E-state index contributed by atoms with van der Waals surface area (Å²) in [6.45, 7) is 0. The molecule has 0 saturated heterocycles. The monoisotopic (exact) mass is 468 g/mol. The number of phenolic OH excluding ortho intramolecular Hbond substituents is 1. The number of nitrogens with zero attached hydrogens (tertiary/aromatic N) is 2. The van der Waals surface area contributed by atoms with Gasteiger partial charge in [0.05, 0.1) is 0 Å². The first kappa shape index (κ1) is 20.9.